The van der Waals surface area contributed by atoms with E-state index in [0.29, 0.717) is 4.91 Å². The van der Waals surface area contributed by atoms with Gasteiger partial charge in [0, 0.05) is 22.7 Å². The van der Waals surface area contributed by atoms with Gasteiger partial charge in [-0.25, -0.2) is 0 Å². The Morgan fingerprint density at radius 2 is 2.00 bits per heavy atom. The third-order valence-corrected chi connectivity index (χ3v) is 3.36. The second-order valence-electron chi connectivity index (χ2n) is 3.64. The van der Waals surface area contributed by atoms with Gasteiger partial charge in [-0.05, 0) is 23.9 Å². The number of fused-ring (bicyclic) bond motifs is 1. The summed E-state index contributed by atoms with van der Waals surface area (Å²) in [7, 11) is 0. The molecule has 0 unspecified atom stereocenters. The Morgan fingerprint density at radius 1 is 1.18 bits per heavy atom. The molecular formula is C12H8N2O2S. The van der Waals surface area contributed by atoms with E-state index in [1.807, 2.05) is 30.5 Å². The van der Waals surface area contributed by atoms with E-state index < -0.39 is 0 Å². The number of carbonyl (C=O) groups is 2. The van der Waals surface area contributed by atoms with Crippen molar-refractivity contribution in [2.45, 2.75) is 0 Å². The molecule has 84 valence electrons. The highest BCUT2D eigenvalue weighted by molar-refractivity contribution is 8.18. The molecular weight excluding hydrogens is 236 g/mol. The first-order valence-corrected chi connectivity index (χ1v) is 5.87. The summed E-state index contributed by atoms with van der Waals surface area (Å²) in [5.74, 6) is -0.328. The van der Waals surface area contributed by atoms with Gasteiger partial charge in [-0.3, -0.25) is 14.9 Å². The standard InChI is InChI=1S/C12H8N2O2S/c15-11-10(17-12(16)14-11)5-7-6-13-9-4-2-1-3-8(7)9/h1-6,13H,(H,14,15,16)/b10-5-. The summed E-state index contributed by atoms with van der Waals surface area (Å²) in [4.78, 5) is 26.0. The maximum atomic E-state index is 11.4. The lowest BCUT2D eigenvalue weighted by atomic mass is 10.1. The van der Waals surface area contributed by atoms with Gasteiger partial charge in [0.15, 0.2) is 0 Å². The Kier molecular flexibility index (Phi) is 2.26. The van der Waals surface area contributed by atoms with Crippen LogP contribution in [0.3, 0.4) is 0 Å². The molecule has 1 aliphatic heterocycles. The zero-order chi connectivity index (χ0) is 11.8. The monoisotopic (exact) mass is 244 g/mol. The van der Waals surface area contributed by atoms with Crippen LogP contribution in [0.4, 0.5) is 4.79 Å². The summed E-state index contributed by atoms with van der Waals surface area (Å²) in [6.07, 6.45) is 3.55. The number of amides is 2. The lowest BCUT2D eigenvalue weighted by Gasteiger charge is -1.92. The molecule has 2 aromatic rings. The van der Waals surface area contributed by atoms with E-state index in [1.165, 1.54) is 0 Å². The topological polar surface area (TPSA) is 62.0 Å². The van der Waals surface area contributed by atoms with Gasteiger partial charge in [0.1, 0.15) is 0 Å². The highest BCUT2D eigenvalue weighted by Crippen LogP contribution is 2.28. The number of hydrogen-bond acceptors (Lipinski definition) is 3. The fourth-order valence-electron chi connectivity index (χ4n) is 1.78. The normalized spacial score (nSPS) is 18.0. The van der Waals surface area contributed by atoms with Gasteiger partial charge in [-0.15, -0.1) is 0 Å². The predicted octanol–water partition coefficient (Wildman–Crippen LogP) is 2.49. The van der Waals surface area contributed by atoms with Gasteiger partial charge >= 0.3 is 0 Å². The molecule has 2 heterocycles. The van der Waals surface area contributed by atoms with Gasteiger partial charge in [0.05, 0.1) is 4.91 Å². The van der Waals surface area contributed by atoms with E-state index in [9.17, 15) is 9.59 Å². The van der Waals surface area contributed by atoms with Crippen LogP contribution < -0.4 is 5.32 Å². The number of H-pyrrole nitrogens is 1. The number of imide groups is 1. The lowest BCUT2D eigenvalue weighted by Crippen LogP contribution is -2.17. The van der Waals surface area contributed by atoms with Crippen LogP contribution in [0.5, 0.6) is 0 Å². The number of nitrogens with one attached hydrogen (secondary N) is 2. The Balaban J connectivity index is 2.08. The molecule has 3 rings (SSSR count). The Morgan fingerprint density at radius 3 is 2.76 bits per heavy atom. The number of aromatic nitrogens is 1. The van der Waals surface area contributed by atoms with E-state index in [2.05, 4.69) is 10.3 Å². The molecule has 1 aliphatic rings. The number of para-hydroxylation sites is 1. The Labute approximate surface area is 101 Å². The summed E-state index contributed by atoms with van der Waals surface area (Å²) < 4.78 is 0. The summed E-state index contributed by atoms with van der Waals surface area (Å²) >= 11 is 0.928. The van der Waals surface area contributed by atoms with Crippen molar-refractivity contribution in [2.75, 3.05) is 0 Å². The third-order valence-electron chi connectivity index (χ3n) is 2.55. The lowest BCUT2D eigenvalue weighted by molar-refractivity contribution is -0.115. The smallest absolute Gasteiger partial charge is 0.290 e. The zero-order valence-electron chi connectivity index (χ0n) is 8.69. The summed E-state index contributed by atoms with van der Waals surface area (Å²) in [6, 6.07) is 7.81. The van der Waals surface area contributed by atoms with Crippen LogP contribution >= 0.6 is 11.8 Å². The molecule has 2 amide bonds. The predicted molar refractivity (Wildman–Crippen MR) is 67.4 cm³/mol. The molecule has 1 aromatic carbocycles. The van der Waals surface area contributed by atoms with Gasteiger partial charge in [0.2, 0.25) is 0 Å². The van der Waals surface area contributed by atoms with E-state index in [4.69, 9.17) is 0 Å². The molecule has 4 nitrogen and oxygen atoms in total. The van der Waals surface area contributed by atoms with Gasteiger partial charge < -0.3 is 4.98 Å². The summed E-state index contributed by atoms with van der Waals surface area (Å²) in [6.45, 7) is 0. The summed E-state index contributed by atoms with van der Waals surface area (Å²) in [5.41, 5.74) is 1.92. The minimum Gasteiger partial charge on any atom is -0.361 e. The molecule has 2 N–H and O–H groups in total. The number of aromatic amines is 1. The number of benzene rings is 1. The molecule has 0 atom stereocenters. The van der Waals surface area contributed by atoms with E-state index >= 15 is 0 Å². The first-order valence-electron chi connectivity index (χ1n) is 5.05. The van der Waals surface area contributed by atoms with Crippen LogP contribution in [-0.2, 0) is 4.79 Å². The van der Waals surface area contributed by atoms with Crippen molar-refractivity contribution in [1.82, 2.24) is 10.3 Å². The first kappa shape index (κ1) is 10.2. The second kappa shape index (κ2) is 3.78. The first-order chi connectivity index (χ1) is 8.24. The van der Waals surface area contributed by atoms with Crippen LogP contribution in [-0.4, -0.2) is 16.1 Å². The minimum absolute atomic E-state index is 0.318. The Hall–Kier alpha value is -2.01. The SMILES string of the molecule is O=C1NC(=O)/C(=C/c2c[nH]c3ccccc23)S1. The number of hydrogen-bond donors (Lipinski definition) is 2. The van der Waals surface area contributed by atoms with Gasteiger partial charge in [0.25, 0.3) is 11.1 Å². The highest BCUT2D eigenvalue weighted by Gasteiger charge is 2.25. The average molecular weight is 244 g/mol. The van der Waals surface area contributed by atoms with Gasteiger partial charge in [-0.2, -0.15) is 0 Å². The number of rotatable bonds is 1. The van der Waals surface area contributed by atoms with Crippen LogP contribution in [0, 0.1) is 0 Å². The molecule has 0 radical (unpaired) electrons. The van der Waals surface area contributed by atoms with E-state index in [-0.39, 0.29) is 11.1 Å². The number of carbonyl (C=O) groups excluding carboxylic acids is 2. The molecule has 0 aliphatic carbocycles. The fraction of sp³-hybridized carbons (Fsp3) is 0. The van der Waals surface area contributed by atoms with Gasteiger partial charge in [-0.1, -0.05) is 18.2 Å². The second-order valence-corrected chi connectivity index (χ2v) is 4.66. The van der Waals surface area contributed by atoms with Crippen molar-refractivity contribution < 1.29 is 9.59 Å². The van der Waals surface area contributed by atoms with Crippen molar-refractivity contribution in [1.29, 1.82) is 0 Å². The highest BCUT2D eigenvalue weighted by atomic mass is 32.2. The molecule has 0 spiro atoms. The average Bonchev–Trinajstić information content (AvgIpc) is 2.85. The molecule has 1 aromatic heterocycles. The molecule has 1 saturated heterocycles. The fourth-order valence-corrected chi connectivity index (χ4v) is 2.45. The van der Waals surface area contributed by atoms with E-state index in [1.54, 1.807) is 6.08 Å². The maximum Gasteiger partial charge on any atom is 0.290 e. The van der Waals surface area contributed by atoms with Crippen molar-refractivity contribution in [3.05, 3.63) is 40.9 Å². The van der Waals surface area contributed by atoms with Crippen molar-refractivity contribution in [2.24, 2.45) is 0 Å². The van der Waals surface area contributed by atoms with Crippen LogP contribution in [0.15, 0.2) is 35.4 Å². The molecule has 5 heteroatoms. The van der Waals surface area contributed by atoms with Crippen molar-refractivity contribution in [3.8, 4) is 0 Å². The molecule has 17 heavy (non-hydrogen) atoms. The van der Waals surface area contributed by atoms with Crippen LogP contribution in [0.2, 0.25) is 0 Å². The zero-order valence-corrected chi connectivity index (χ0v) is 9.51. The maximum absolute atomic E-state index is 11.4. The Bertz CT molecular complexity index is 657. The van der Waals surface area contributed by atoms with E-state index in [0.717, 1.165) is 28.2 Å². The van der Waals surface area contributed by atoms with Crippen molar-refractivity contribution >= 4 is 39.9 Å². The summed E-state index contributed by atoms with van der Waals surface area (Å²) in [5, 5.41) is 2.95. The number of thioether (sulfide) groups is 1. The molecule has 0 saturated carbocycles. The molecule has 1 fully saturated rings. The third kappa shape index (κ3) is 1.74. The van der Waals surface area contributed by atoms with Crippen LogP contribution in [0.25, 0.3) is 17.0 Å². The minimum atomic E-state index is -0.328. The van der Waals surface area contributed by atoms with Crippen LogP contribution in [0.1, 0.15) is 5.56 Å². The van der Waals surface area contributed by atoms with Crippen molar-refractivity contribution in [3.63, 3.8) is 0 Å². The largest absolute Gasteiger partial charge is 0.361 e. The molecule has 0 bridgehead atoms. The quantitative estimate of drug-likeness (QED) is 0.757.